The molecule has 0 aromatic rings. The van der Waals surface area contributed by atoms with E-state index in [9.17, 15) is 0 Å². The van der Waals surface area contributed by atoms with Crippen molar-refractivity contribution in [2.45, 2.75) is 59.2 Å². The number of hydrogen-bond donors (Lipinski definition) is 1. The molecule has 1 aliphatic rings. The van der Waals surface area contributed by atoms with Crippen LogP contribution in [-0.4, -0.2) is 35.6 Å². The van der Waals surface area contributed by atoms with Gasteiger partial charge in [-0.25, -0.2) is 0 Å². The lowest BCUT2D eigenvalue weighted by Crippen LogP contribution is -2.47. The molecule has 1 aliphatic heterocycles. The van der Waals surface area contributed by atoms with Crippen molar-refractivity contribution >= 4 is 0 Å². The normalized spacial score (nSPS) is 30.2. The van der Waals surface area contributed by atoms with Gasteiger partial charge >= 0.3 is 0 Å². The first-order valence-corrected chi connectivity index (χ1v) is 5.81. The predicted octanol–water partition coefficient (Wildman–Crippen LogP) is 2.10. The summed E-state index contributed by atoms with van der Waals surface area (Å²) in [6.45, 7) is 16.1. The second kappa shape index (κ2) is 4.19. The molecule has 2 heteroatoms. The highest BCUT2D eigenvalue weighted by molar-refractivity contribution is 4.91. The Morgan fingerprint density at radius 3 is 2.14 bits per heavy atom. The van der Waals surface area contributed by atoms with E-state index in [4.69, 9.17) is 0 Å². The van der Waals surface area contributed by atoms with E-state index in [1.165, 1.54) is 13.1 Å². The summed E-state index contributed by atoms with van der Waals surface area (Å²) in [7, 11) is 0. The molecule has 0 saturated carbocycles. The number of nitrogens with zero attached hydrogens (tertiary/aromatic N) is 1. The van der Waals surface area contributed by atoms with E-state index in [1.807, 2.05) is 0 Å². The fourth-order valence-corrected chi connectivity index (χ4v) is 2.17. The van der Waals surface area contributed by atoms with Gasteiger partial charge in [0.2, 0.25) is 0 Å². The molecule has 0 unspecified atom stereocenters. The van der Waals surface area contributed by atoms with Crippen LogP contribution >= 0.6 is 0 Å². The molecule has 0 aromatic heterocycles. The van der Waals surface area contributed by atoms with Gasteiger partial charge < -0.3 is 5.32 Å². The molecule has 2 nitrogen and oxygen atoms in total. The van der Waals surface area contributed by atoms with Gasteiger partial charge in [0.1, 0.15) is 0 Å². The minimum Gasteiger partial charge on any atom is -0.308 e. The smallest absolute Gasteiger partial charge is 0.0237 e. The van der Waals surface area contributed by atoms with Gasteiger partial charge in [0, 0.05) is 30.7 Å². The van der Waals surface area contributed by atoms with Gasteiger partial charge in [-0.15, -0.1) is 0 Å². The first kappa shape index (κ1) is 12.0. The summed E-state index contributed by atoms with van der Waals surface area (Å²) in [5.41, 5.74) is 0.242. The molecular formula is C12H26N2. The van der Waals surface area contributed by atoms with Crippen LogP contribution in [0.4, 0.5) is 0 Å². The Bertz CT molecular complexity index is 181. The van der Waals surface area contributed by atoms with Crippen LogP contribution in [0.1, 0.15) is 41.5 Å². The molecule has 0 amide bonds. The fourth-order valence-electron chi connectivity index (χ4n) is 2.17. The van der Waals surface area contributed by atoms with Gasteiger partial charge in [-0.2, -0.15) is 0 Å². The maximum Gasteiger partial charge on any atom is 0.0237 e. The average Bonchev–Trinajstić information content (AvgIpc) is 2.29. The van der Waals surface area contributed by atoms with Gasteiger partial charge in [0.05, 0.1) is 0 Å². The lowest BCUT2D eigenvalue weighted by molar-refractivity contribution is 0.258. The van der Waals surface area contributed by atoms with Crippen LogP contribution in [-0.2, 0) is 0 Å². The predicted molar refractivity (Wildman–Crippen MR) is 62.5 cm³/mol. The maximum atomic E-state index is 3.71. The van der Waals surface area contributed by atoms with Gasteiger partial charge in [-0.1, -0.05) is 6.92 Å². The molecule has 1 rings (SSSR count). The van der Waals surface area contributed by atoms with E-state index >= 15 is 0 Å². The topological polar surface area (TPSA) is 15.3 Å². The second-order valence-corrected chi connectivity index (χ2v) is 6.03. The van der Waals surface area contributed by atoms with Gasteiger partial charge in [-0.05, 0) is 40.5 Å². The largest absolute Gasteiger partial charge is 0.308 e. The van der Waals surface area contributed by atoms with Gasteiger partial charge in [-0.3, -0.25) is 4.90 Å². The molecule has 14 heavy (non-hydrogen) atoms. The first-order chi connectivity index (χ1) is 6.29. The molecule has 1 fully saturated rings. The Hall–Kier alpha value is -0.0800. The number of nitrogens with one attached hydrogen (secondary N) is 1. The zero-order chi connectivity index (χ0) is 10.9. The van der Waals surface area contributed by atoms with Crippen LogP contribution in [0.15, 0.2) is 0 Å². The molecular weight excluding hydrogens is 172 g/mol. The van der Waals surface area contributed by atoms with Gasteiger partial charge in [0.25, 0.3) is 0 Å². The second-order valence-electron chi connectivity index (χ2n) is 6.03. The molecule has 1 heterocycles. The summed E-state index contributed by atoms with van der Waals surface area (Å²) >= 11 is 0. The minimum absolute atomic E-state index is 0.242. The molecule has 1 saturated heterocycles. The van der Waals surface area contributed by atoms with Crippen LogP contribution in [0.2, 0.25) is 0 Å². The molecule has 0 bridgehead atoms. The van der Waals surface area contributed by atoms with E-state index in [1.54, 1.807) is 0 Å². The van der Waals surface area contributed by atoms with Crippen LogP contribution in [0, 0.1) is 5.92 Å². The molecule has 2 atom stereocenters. The zero-order valence-electron chi connectivity index (χ0n) is 10.6. The van der Waals surface area contributed by atoms with Crippen molar-refractivity contribution < 1.29 is 0 Å². The molecule has 0 radical (unpaired) electrons. The average molecular weight is 198 g/mol. The van der Waals surface area contributed by atoms with Crippen molar-refractivity contribution in [2.75, 3.05) is 13.1 Å². The van der Waals surface area contributed by atoms with Crippen molar-refractivity contribution in [3.05, 3.63) is 0 Å². The summed E-state index contributed by atoms with van der Waals surface area (Å²) in [6.07, 6.45) is 0. The Labute approximate surface area is 89.1 Å². The third-order valence-electron chi connectivity index (χ3n) is 2.99. The van der Waals surface area contributed by atoms with Crippen molar-refractivity contribution in [3.63, 3.8) is 0 Å². The first-order valence-electron chi connectivity index (χ1n) is 5.81. The standard InChI is InChI=1S/C12H26N2/c1-9(2)14-7-10(3)11(8-14)13-12(4,5)6/h9-11,13H,7-8H2,1-6H3/t10-,11+/m1/s1. The van der Waals surface area contributed by atoms with Crippen LogP contribution in [0.25, 0.3) is 0 Å². The van der Waals surface area contributed by atoms with Crippen molar-refractivity contribution in [3.8, 4) is 0 Å². The van der Waals surface area contributed by atoms with E-state index < -0.39 is 0 Å². The summed E-state index contributed by atoms with van der Waals surface area (Å²) in [5, 5.41) is 3.71. The van der Waals surface area contributed by atoms with Gasteiger partial charge in [0.15, 0.2) is 0 Å². The molecule has 84 valence electrons. The van der Waals surface area contributed by atoms with E-state index in [0.717, 1.165) is 5.92 Å². The number of hydrogen-bond acceptors (Lipinski definition) is 2. The molecule has 0 aromatic carbocycles. The quantitative estimate of drug-likeness (QED) is 0.731. The lowest BCUT2D eigenvalue weighted by atomic mass is 10.0. The molecule has 1 N–H and O–H groups in total. The highest BCUT2D eigenvalue weighted by Gasteiger charge is 2.32. The molecule has 0 spiro atoms. The summed E-state index contributed by atoms with van der Waals surface area (Å²) in [5.74, 6) is 0.775. The Morgan fingerprint density at radius 2 is 1.79 bits per heavy atom. The van der Waals surface area contributed by atoms with E-state index in [0.29, 0.717) is 12.1 Å². The Kier molecular flexibility index (Phi) is 3.59. The van der Waals surface area contributed by atoms with Crippen molar-refractivity contribution in [2.24, 2.45) is 5.92 Å². The minimum atomic E-state index is 0.242. The number of likely N-dealkylation sites (tertiary alicyclic amines) is 1. The molecule has 0 aliphatic carbocycles. The zero-order valence-corrected chi connectivity index (χ0v) is 10.6. The number of rotatable bonds is 2. The monoisotopic (exact) mass is 198 g/mol. The summed E-state index contributed by atoms with van der Waals surface area (Å²) in [6, 6.07) is 1.35. The summed E-state index contributed by atoms with van der Waals surface area (Å²) in [4.78, 5) is 2.56. The SMILES string of the molecule is CC(C)N1C[C@@H](C)[C@@H](NC(C)(C)C)C1. The highest BCUT2D eigenvalue weighted by atomic mass is 15.2. The summed E-state index contributed by atoms with van der Waals surface area (Å²) < 4.78 is 0. The lowest BCUT2D eigenvalue weighted by Gasteiger charge is -2.28. The maximum absolute atomic E-state index is 3.71. The van der Waals surface area contributed by atoms with E-state index in [2.05, 4.69) is 51.8 Å². The van der Waals surface area contributed by atoms with E-state index in [-0.39, 0.29) is 5.54 Å². The van der Waals surface area contributed by atoms with Crippen LogP contribution in [0.5, 0.6) is 0 Å². The Morgan fingerprint density at radius 1 is 1.21 bits per heavy atom. The van der Waals surface area contributed by atoms with Crippen molar-refractivity contribution in [1.29, 1.82) is 0 Å². The van der Waals surface area contributed by atoms with Crippen molar-refractivity contribution in [1.82, 2.24) is 10.2 Å². The highest BCUT2D eigenvalue weighted by Crippen LogP contribution is 2.20. The van der Waals surface area contributed by atoms with Crippen LogP contribution < -0.4 is 5.32 Å². The van der Waals surface area contributed by atoms with Crippen LogP contribution in [0.3, 0.4) is 0 Å². The third kappa shape index (κ3) is 3.25. The Balaban J connectivity index is 2.49. The third-order valence-corrected chi connectivity index (χ3v) is 2.99. The fraction of sp³-hybridized carbons (Fsp3) is 1.00.